The van der Waals surface area contributed by atoms with Crippen molar-refractivity contribution in [1.29, 1.82) is 0 Å². The van der Waals surface area contributed by atoms with Crippen molar-refractivity contribution in [3.05, 3.63) is 52.1 Å². The van der Waals surface area contributed by atoms with Gasteiger partial charge in [0.05, 0.1) is 25.0 Å². The van der Waals surface area contributed by atoms with Crippen molar-refractivity contribution >= 4 is 52.4 Å². The predicted octanol–water partition coefficient (Wildman–Crippen LogP) is -1.64. The number of carbonyl (C=O) groups excluding carboxylic acids is 5. The van der Waals surface area contributed by atoms with Crippen LogP contribution in [-0.2, 0) is 30.6 Å². The zero-order valence-electron chi connectivity index (χ0n) is 19.6. The molecule has 6 N–H and O–H groups in total. The number of carbonyl (C=O) groups is 5. The first-order chi connectivity index (χ1) is 18.2. The molecule has 3 aromatic rings. The predicted molar refractivity (Wildman–Crippen MR) is 129 cm³/mol. The van der Waals surface area contributed by atoms with Crippen LogP contribution in [0.3, 0.4) is 0 Å². The van der Waals surface area contributed by atoms with Crippen molar-refractivity contribution in [2.45, 2.75) is 19.4 Å². The van der Waals surface area contributed by atoms with E-state index in [4.69, 9.17) is 5.73 Å². The number of aromatic amines is 1. The van der Waals surface area contributed by atoms with Gasteiger partial charge in [0.2, 0.25) is 11.9 Å². The number of hydroxylamine groups is 2. The van der Waals surface area contributed by atoms with E-state index < -0.39 is 48.2 Å². The Bertz CT molecular complexity index is 1470. The average Bonchev–Trinajstić information content (AvgIpc) is 3.21. The van der Waals surface area contributed by atoms with Crippen molar-refractivity contribution < 1.29 is 28.8 Å². The lowest BCUT2D eigenvalue weighted by Crippen LogP contribution is -2.41. The SMILES string of the molecule is Nc1nc2ncc(CNc3ccc(C(=O)NCC(=O)NCC(=O)ON4C(=O)CCC4=O)cc3)nc2c(=O)[nH]1. The van der Waals surface area contributed by atoms with E-state index in [0.29, 0.717) is 16.4 Å². The molecule has 1 aromatic carbocycles. The third-order valence-corrected chi connectivity index (χ3v) is 5.15. The van der Waals surface area contributed by atoms with E-state index in [0.717, 1.165) is 0 Å². The number of imide groups is 1. The summed E-state index contributed by atoms with van der Waals surface area (Å²) in [4.78, 5) is 89.9. The van der Waals surface area contributed by atoms with Gasteiger partial charge in [-0.15, -0.1) is 5.06 Å². The Balaban J connectivity index is 1.21. The van der Waals surface area contributed by atoms with Gasteiger partial charge < -0.3 is 26.5 Å². The number of nitrogens with one attached hydrogen (secondary N) is 4. The molecule has 0 aliphatic carbocycles. The van der Waals surface area contributed by atoms with E-state index in [2.05, 4.69) is 40.7 Å². The highest BCUT2D eigenvalue weighted by Gasteiger charge is 2.32. The van der Waals surface area contributed by atoms with Crippen molar-refractivity contribution in [2.24, 2.45) is 0 Å². The summed E-state index contributed by atoms with van der Waals surface area (Å²) in [6.45, 7) is -0.776. The fourth-order valence-corrected chi connectivity index (χ4v) is 3.28. The molecule has 1 saturated heterocycles. The fraction of sp³-hybridized carbons (Fsp3) is 0.227. The van der Waals surface area contributed by atoms with Crippen LogP contribution in [0.25, 0.3) is 11.2 Å². The molecule has 0 radical (unpaired) electrons. The number of rotatable bonds is 9. The lowest BCUT2D eigenvalue weighted by molar-refractivity contribution is -0.196. The van der Waals surface area contributed by atoms with Crippen molar-refractivity contribution in [3.63, 3.8) is 0 Å². The van der Waals surface area contributed by atoms with Gasteiger partial charge in [0.15, 0.2) is 11.2 Å². The Morgan fingerprint density at radius 3 is 2.42 bits per heavy atom. The van der Waals surface area contributed by atoms with Gasteiger partial charge >= 0.3 is 5.97 Å². The molecule has 4 rings (SSSR count). The Morgan fingerprint density at radius 2 is 1.71 bits per heavy atom. The summed E-state index contributed by atoms with van der Waals surface area (Å²) in [5.41, 5.74) is 6.58. The summed E-state index contributed by atoms with van der Waals surface area (Å²) in [7, 11) is 0. The molecule has 0 atom stereocenters. The average molecular weight is 523 g/mol. The van der Waals surface area contributed by atoms with Crippen molar-refractivity contribution in [2.75, 3.05) is 24.1 Å². The summed E-state index contributed by atoms with van der Waals surface area (Å²) < 4.78 is 0. The van der Waals surface area contributed by atoms with Gasteiger partial charge in [0.25, 0.3) is 23.3 Å². The number of hydrogen-bond acceptors (Lipinski definition) is 12. The fourth-order valence-electron chi connectivity index (χ4n) is 3.28. The van der Waals surface area contributed by atoms with Crippen LogP contribution in [0.15, 0.2) is 35.3 Å². The molecule has 0 saturated carbocycles. The second-order valence-electron chi connectivity index (χ2n) is 7.92. The number of anilines is 2. The van der Waals surface area contributed by atoms with E-state index in [9.17, 15) is 28.8 Å². The molecule has 196 valence electrons. The zero-order valence-corrected chi connectivity index (χ0v) is 19.6. The quantitative estimate of drug-likeness (QED) is 0.199. The molecule has 4 amide bonds. The third-order valence-electron chi connectivity index (χ3n) is 5.15. The van der Waals surface area contributed by atoms with Crippen molar-refractivity contribution in [1.82, 2.24) is 35.6 Å². The Labute approximate surface area is 212 Å². The number of fused-ring (bicyclic) bond motifs is 1. The maximum atomic E-state index is 12.3. The molecule has 16 heteroatoms. The van der Waals surface area contributed by atoms with Gasteiger partial charge in [-0.25, -0.2) is 14.8 Å². The summed E-state index contributed by atoms with van der Waals surface area (Å²) in [5.74, 6) is -3.53. The highest BCUT2D eigenvalue weighted by atomic mass is 16.7. The molecular formula is C22H21N9O7. The number of nitrogens with two attached hydrogens (primary N) is 1. The van der Waals surface area contributed by atoms with E-state index >= 15 is 0 Å². The number of H-pyrrole nitrogens is 1. The maximum absolute atomic E-state index is 12.3. The number of amides is 4. The van der Waals surface area contributed by atoms with Gasteiger partial charge in [-0.05, 0) is 24.3 Å². The van der Waals surface area contributed by atoms with Crippen LogP contribution in [-0.4, -0.2) is 67.7 Å². The zero-order chi connectivity index (χ0) is 27.2. The topological polar surface area (TPSA) is 231 Å². The minimum atomic E-state index is -1.00. The molecule has 0 bridgehead atoms. The largest absolute Gasteiger partial charge is 0.379 e. The number of hydrogen-bond donors (Lipinski definition) is 5. The van der Waals surface area contributed by atoms with Crippen LogP contribution in [0, 0.1) is 0 Å². The highest BCUT2D eigenvalue weighted by molar-refractivity contribution is 6.02. The van der Waals surface area contributed by atoms with E-state index in [-0.39, 0.29) is 42.1 Å². The van der Waals surface area contributed by atoms with E-state index in [1.807, 2.05) is 0 Å². The summed E-state index contributed by atoms with van der Waals surface area (Å²) in [5, 5.41) is 8.09. The van der Waals surface area contributed by atoms with Gasteiger partial charge in [-0.1, -0.05) is 0 Å². The molecule has 0 spiro atoms. The van der Waals surface area contributed by atoms with Gasteiger partial charge in [0.1, 0.15) is 6.54 Å². The van der Waals surface area contributed by atoms with Crippen LogP contribution in [0.2, 0.25) is 0 Å². The maximum Gasteiger partial charge on any atom is 0.352 e. The molecule has 3 heterocycles. The first-order valence-electron chi connectivity index (χ1n) is 11.2. The van der Waals surface area contributed by atoms with Crippen LogP contribution in [0.1, 0.15) is 28.9 Å². The molecule has 1 aliphatic rings. The molecular weight excluding hydrogens is 502 g/mol. The Kier molecular flexibility index (Phi) is 7.50. The van der Waals surface area contributed by atoms with Crippen LogP contribution in [0.4, 0.5) is 11.6 Å². The highest BCUT2D eigenvalue weighted by Crippen LogP contribution is 2.13. The van der Waals surface area contributed by atoms with E-state index in [1.54, 1.807) is 12.1 Å². The molecule has 0 unspecified atom stereocenters. The summed E-state index contributed by atoms with van der Waals surface area (Å²) in [6.07, 6.45) is 1.37. The van der Waals surface area contributed by atoms with Crippen LogP contribution >= 0.6 is 0 Å². The Morgan fingerprint density at radius 1 is 1.00 bits per heavy atom. The van der Waals surface area contributed by atoms with Gasteiger partial charge in [0, 0.05) is 24.1 Å². The molecule has 38 heavy (non-hydrogen) atoms. The third kappa shape index (κ3) is 6.23. The number of nitrogens with zero attached hydrogens (tertiary/aromatic N) is 4. The number of benzene rings is 1. The van der Waals surface area contributed by atoms with Gasteiger partial charge in [-0.2, -0.15) is 4.98 Å². The van der Waals surface area contributed by atoms with Gasteiger partial charge in [-0.3, -0.25) is 29.0 Å². The number of nitrogen functional groups attached to an aromatic ring is 1. The monoisotopic (exact) mass is 523 g/mol. The van der Waals surface area contributed by atoms with Crippen LogP contribution in [0.5, 0.6) is 0 Å². The lowest BCUT2D eigenvalue weighted by atomic mass is 10.2. The second kappa shape index (κ2) is 11.1. The summed E-state index contributed by atoms with van der Waals surface area (Å²) in [6, 6.07) is 6.33. The first-order valence-corrected chi connectivity index (χ1v) is 11.2. The minimum Gasteiger partial charge on any atom is -0.379 e. The molecule has 1 aliphatic heterocycles. The minimum absolute atomic E-state index is 0.0445. The molecule has 2 aromatic heterocycles. The summed E-state index contributed by atoms with van der Waals surface area (Å²) >= 11 is 0. The second-order valence-corrected chi connectivity index (χ2v) is 7.92. The smallest absolute Gasteiger partial charge is 0.352 e. The molecule has 16 nitrogen and oxygen atoms in total. The first kappa shape index (κ1) is 25.7. The number of aromatic nitrogens is 4. The van der Waals surface area contributed by atoms with Crippen molar-refractivity contribution in [3.8, 4) is 0 Å². The van der Waals surface area contributed by atoms with Crippen LogP contribution < -0.4 is 27.2 Å². The lowest BCUT2D eigenvalue weighted by Gasteiger charge is -2.13. The standard InChI is InChI=1S/C22H21N9O7/c23-22-29-19-18(21(37)30-22)28-13(8-26-19)7-24-12-3-1-11(2-4-12)20(36)27-9-14(32)25-10-17(35)38-31-15(33)5-6-16(31)34/h1-4,8,24H,5-7,9-10H2,(H,25,32)(H,27,36)(H3,23,26,29,30,37). The molecule has 1 fully saturated rings. The Hall–Kier alpha value is -5.41. The normalized spacial score (nSPS) is 12.9. The van der Waals surface area contributed by atoms with E-state index in [1.165, 1.54) is 18.3 Å².